The molecule has 0 aromatic carbocycles. The van der Waals surface area contributed by atoms with Gasteiger partial charge in [-0.25, -0.2) is 9.97 Å². The van der Waals surface area contributed by atoms with E-state index in [0.717, 1.165) is 6.07 Å². The van der Waals surface area contributed by atoms with E-state index in [1.807, 2.05) is 0 Å². The van der Waals surface area contributed by atoms with Crippen LogP contribution in [0.2, 0.25) is 5.28 Å². The van der Waals surface area contributed by atoms with Gasteiger partial charge in [0.05, 0.1) is 12.7 Å². The Balaban J connectivity index is 2.02. The van der Waals surface area contributed by atoms with Gasteiger partial charge >= 0.3 is 6.18 Å². The molecule has 0 aliphatic rings. The van der Waals surface area contributed by atoms with Gasteiger partial charge in [-0.15, -0.1) is 5.10 Å². The maximum atomic E-state index is 12.5. The van der Waals surface area contributed by atoms with Crippen molar-refractivity contribution >= 4 is 17.4 Å². The van der Waals surface area contributed by atoms with Gasteiger partial charge in [-0.3, -0.25) is 4.68 Å². The maximum Gasteiger partial charge on any atom is 0.433 e. The Bertz CT molecular complexity index is 541. The Labute approximate surface area is 110 Å². The summed E-state index contributed by atoms with van der Waals surface area (Å²) in [6.45, 7) is 0.761. The van der Waals surface area contributed by atoms with Crippen LogP contribution in [-0.2, 0) is 12.7 Å². The lowest BCUT2D eigenvalue weighted by Crippen LogP contribution is -2.14. The summed E-state index contributed by atoms with van der Waals surface area (Å²) in [7, 11) is 0. The number of nitrogens with one attached hydrogen (secondary N) is 1. The van der Waals surface area contributed by atoms with E-state index < -0.39 is 17.2 Å². The molecule has 0 saturated carbocycles. The largest absolute Gasteiger partial charge is 0.433 e. The van der Waals surface area contributed by atoms with Crippen LogP contribution in [0.15, 0.2) is 18.5 Å². The fraction of sp³-hybridized carbons (Fsp3) is 0.333. The first-order chi connectivity index (χ1) is 8.95. The third-order valence-electron chi connectivity index (χ3n) is 2.11. The van der Waals surface area contributed by atoms with Crippen molar-refractivity contribution in [3.8, 4) is 0 Å². The molecule has 0 aliphatic carbocycles. The number of aromatic nitrogens is 5. The van der Waals surface area contributed by atoms with Crippen molar-refractivity contribution in [3.05, 3.63) is 29.4 Å². The van der Waals surface area contributed by atoms with Crippen LogP contribution >= 0.6 is 11.6 Å². The Morgan fingerprint density at radius 2 is 2.11 bits per heavy atom. The van der Waals surface area contributed by atoms with E-state index in [-0.39, 0.29) is 5.82 Å². The molecule has 0 fully saturated rings. The number of hydrogen-bond donors (Lipinski definition) is 1. The number of anilines is 1. The van der Waals surface area contributed by atoms with Crippen LogP contribution in [0.3, 0.4) is 0 Å². The molecule has 2 aromatic heterocycles. The fourth-order valence-electron chi connectivity index (χ4n) is 1.30. The van der Waals surface area contributed by atoms with E-state index in [0.29, 0.717) is 13.1 Å². The molecule has 0 saturated heterocycles. The van der Waals surface area contributed by atoms with Gasteiger partial charge in [0.25, 0.3) is 0 Å². The molecule has 1 N–H and O–H groups in total. The van der Waals surface area contributed by atoms with Gasteiger partial charge in [-0.05, 0) is 11.6 Å². The van der Waals surface area contributed by atoms with Gasteiger partial charge in [-0.2, -0.15) is 13.2 Å². The van der Waals surface area contributed by atoms with Crippen LogP contribution < -0.4 is 5.32 Å². The average Bonchev–Trinajstić information content (AvgIpc) is 2.80. The van der Waals surface area contributed by atoms with Gasteiger partial charge < -0.3 is 5.32 Å². The molecule has 0 amide bonds. The first-order valence-electron chi connectivity index (χ1n) is 5.15. The lowest BCUT2D eigenvalue weighted by molar-refractivity contribution is -0.141. The van der Waals surface area contributed by atoms with Crippen molar-refractivity contribution in [1.29, 1.82) is 0 Å². The first kappa shape index (κ1) is 13.5. The van der Waals surface area contributed by atoms with E-state index in [2.05, 4.69) is 25.6 Å². The van der Waals surface area contributed by atoms with Gasteiger partial charge in [0.2, 0.25) is 5.28 Å². The van der Waals surface area contributed by atoms with Gasteiger partial charge in [0.15, 0.2) is 5.69 Å². The monoisotopic (exact) mass is 292 g/mol. The summed E-state index contributed by atoms with van der Waals surface area (Å²) in [5, 5.41) is 9.56. The summed E-state index contributed by atoms with van der Waals surface area (Å²) in [5.74, 6) is 0.00689. The summed E-state index contributed by atoms with van der Waals surface area (Å²) < 4.78 is 39.0. The summed E-state index contributed by atoms with van der Waals surface area (Å²) >= 11 is 5.44. The number of hydrogen-bond acceptors (Lipinski definition) is 5. The highest BCUT2D eigenvalue weighted by molar-refractivity contribution is 6.28. The van der Waals surface area contributed by atoms with E-state index in [1.165, 1.54) is 10.9 Å². The molecule has 2 rings (SSSR count). The van der Waals surface area contributed by atoms with E-state index in [4.69, 9.17) is 11.6 Å². The molecule has 0 aliphatic heterocycles. The third kappa shape index (κ3) is 3.78. The highest BCUT2D eigenvalue weighted by atomic mass is 35.5. The van der Waals surface area contributed by atoms with Crippen LogP contribution in [0.1, 0.15) is 5.69 Å². The molecule has 10 heteroatoms. The van der Waals surface area contributed by atoms with Crippen LogP contribution in [-0.4, -0.2) is 31.5 Å². The number of rotatable bonds is 4. The van der Waals surface area contributed by atoms with Crippen molar-refractivity contribution in [1.82, 2.24) is 25.0 Å². The standard InChI is InChI=1S/C9H8ClF3N6/c10-8-16-6(9(11,12)13)5-7(17-8)14-1-3-19-4-2-15-18-19/h2,4-5H,1,3H2,(H,14,16,17). The fourth-order valence-corrected chi connectivity index (χ4v) is 1.49. The minimum atomic E-state index is -4.56. The highest BCUT2D eigenvalue weighted by Gasteiger charge is 2.33. The van der Waals surface area contributed by atoms with E-state index in [1.54, 1.807) is 6.20 Å². The number of halogens is 4. The predicted octanol–water partition coefficient (Wildman–Crippen LogP) is 1.85. The molecule has 0 radical (unpaired) electrons. The second-order valence-electron chi connectivity index (χ2n) is 3.50. The van der Waals surface area contributed by atoms with Crippen molar-refractivity contribution in [2.45, 2.75) is 12.7 Å². The molecule has 6 nitrogen and oxygen atoms in total. The minimum absolute atomic E-state index is 0.00689. The Morgan fingerprint density at radius 1 is 1.32 bits per heavy atom. The Hall–Kier alpha value is -1.90. The van der Waals surface area contributed by atoms with Gasteiger partial charge in [0.1, 0.15) is 5.82 Å². The molecule has 2 heterocycles. The zero-order chi connectivity index (χ0) is 13.9. The predicted molar refractivity (Wildman–Crippen MR) is 60.6 cm³/mol. The summed E-state index contributed by atoms with van der Waals surface area (Å²) in [6.07, 6.45) is -1.42. The average molecular weight is 293 g/mol. The molecular weight excluding hydrogens is 285 g/mol. The second-order valence-corrected chi connectivity index (χ2v) is 3.84. The molecule has 0 spiro atoms. The normalized spacial score (nSPS) is 11.6. The zero-order valence-electron chi connectivity index (χ0n) is 9.39. The molecule has 0 bridgehead atoms. The first-order valence-corrected chi connectivity index (χ1v) is 5.53. The van der Waals surface area contributed by atoms with E-state index in [9.17, 15) is 13.2 Å². The third-order valence-corrected chi connectivity index (χ3v) is 2.28. The van der Waals surface area contributed by atoms with Crippen LogP contribution in [0.5, 0.6) is 0 Å². The molecule has 102 valence electrons. The number of alkyl halides is 3. The summed E-state index contributed by atoms with van der Waals surface area (Å²) in [4.78, 5) is 6.79. The van der Waals surface area contributed by atoms with Crippen LogP contribution in [0, 0.1) is 0 Å². The molecular formula is C9H8ClF3N6. The Kier molecular flexibility index (Phi) is 3.84. The maximum absolute atomic E-state index is 12.5. The van der Waals surface area contributed by atoms with Gasteiger partial charge in [0, 0.05) is 18.8 Å². The lowest BCUT2D eigenvalue weighted by Gasteiger charge is -2.09. The van der Waals surface area contributed by atoms with Crippen molar-refractivity contribution in [3.63, 3.8) is 0 Å². The van der Waals surface area contributed by atoms with Crippen LogP contribution in [0.4, 0.5) is 19.0 Å². The highest BCUT2D eigenvalue weighted by Crippen LogP contribution is 2.29. The van der Waals surface area contributed by atoms with Crippen molar-refractivity contribution in [2.75, 3.05) is 11.9 Å². The van der Waals surface area contributed by atoms with Crippen molar-refractivity contribution in [2.24, 2.45) is 0 Å². The summed E-state index contributed by atoms with van der Waals surface area (Å²) in [6, 6.07) is 0.799. The van der Waals surface area contributed by atoms with Crippen molar-refractivity contribution < 1.29 is 13.2 Å². The lowest BCUT2D eigenvalue weighted by atomic mass is 10.4. The van der Waals surface area contributed by atoms with Gasteiger partial charge in [-0.1, -0.05) is 5.21 Å². The second kappa shape index (κ2) is 5.39. The summed E-state index contributed by atoms with van der Waals surface area (Å²) in [5.41, 5.74) is -1.09. The Morgan fingerprint density at radius 3 is 2.74 bits per heavy atom. The minimum Gasteiger partial charge on any atom is -0.368 e. The molecule has 19 heavy (non-hydrogen) atoms. The quantitative estimate of drug-likeness (QED) is 0.871. The molecule has 2 aromatic rings. The van der Waals surface area contributed by atoms with Crippen LogP contribution in [0.25, 0.3) is 0 Å². The smallest absolute Gasteiger partial charge is 0.368 e. The number of nitrogens with zero attached hydrogens (tertiary/aromatic N) is 5. The molecule has 0 unspecified atom stereocenters. The molecule has 0 atom stereocenters. The topological polar surface area (TPSA) is 68.5 Å². The SMILES string of the molecule is FC(F)(F)c1cc(NCCn2ccnn2)nc(Cl)n1. The van der Waals surface area contributed by atoms with E-state index >= 15 is 0 Å². The zero-order valence-corrected chi connectivity index (χ0v) is 10.2.